The van der Waals surface area contributed by atoms with Gasteiger partial charge >= 0.3 is 0 Å². The number of aromatic nitrogens is 1. The average molecular weight is 239 g/mol. The smallest absolute Gasteiger partial charge is 0.254 e. The van der Waals surface area contributed by atoms with Gasteiger partial charge in [-0.15, -0.1) is 0 Å². The zero-order valence-electron chi connectivity index (χ0n) is 10.3. The van der Waals surface area contributed by atoms with Crippen molar-refractivity contribution in [3.05, 3.63) is 42.1 Å². The third kappa shape index (κ3) is 2.16. The van der Waals surface area contributed by atoms with Gasteiger partial charge in [-0.3, -0.25) is 9.78 Å². The molecule has 90 valence electrons. The summed E-state index contributed by atoms with van der Waals surface area (Å²) in [6, 6.07) is 10.7. The summed E-state index contributed by atoms with van der Waals surface area (Å²) in [5.74, 6) is -0.158. The Balaban J connectivity index is 2.37. The van der Waals surface area contributed by atoms with Gasteiger partial charge in [-0.05, 0) is 31.2 Å². The molecule has 0 aliphatic heterocycles. The van der Waals surface area contributed by atoms with Crippen LogP contribution in [-0.4, -0.2) is 28.9 Å². The first kappa shape index (κ1) is 12.1. The second kappa shape index (κ2) is 4.84. The lowest BCUT2D eigenvalue weighted by Gasteiger charge is -2.19. The van der Waals surface area contributed by atoms with Crippen LogP contribution in [0.4, 0.5) is 0 Å². The van der Waals surface area contributed by atoms with E-state index in [4.69, 9.17) is 5.26 Å². The molecule has 0 fully saturated rings. The fourth-order valence-electron chi connectivity index (χ4n) is 1.67. The highest BCUT2D eigenvalue weighted by molar-refractivity contribution is 5.98. The molecule has 1 atom stereocenters. The van der Waals surface area contributed by atoms with Crippen molar-refractivity contribution in [2.24, 2.45) is 0 Å². The van der Waals surface area contributed by atoms with E-state index < -0.39 is 6.04 Å². The monoisotopic (exact) mass is 239 g/mol. The SMILES string of the molecule is CC(C#N)N(C)C(=O)c1ccc2ncccc2c1. The molecular weight excluding hydrogens is 226 g/mol. The molecule has 0 saturated heterocycles. The van der Waals surface area contributed by atoms with Crippen LogP contribution in [-0.2, 0) is 0 Å². The van der Waals surface area contributed by atoms with E-state index in [-0.39, 0.29) is 5.91 Å². The van der Waals surface area contributed by atoms with E-state index in [0.29, 0.717) is 5.56 Å². The highest BCUT2D eigenvalue weighted by Gasteiger charge is 2.17. The van der Waals surface area contributed by atoms with Crippen LogP contribution in [0.15, 0.2) is 36.5 Å². The zero-order chi connectivity index (χ0) is 13.1. The number of nitrogens with zero attached hydrogens (tertiary/aromatic N) is 3. The van der Waals surface area contributed by atoms with E-state index in [1.54, 1.807) is 32.3 Å². The van der Waals surface area contributed by atoms with Crippen LogP contribution in [0.2, 0.25) is 0 Å². The largest absolute Gasteiger partial charge is 0.326 e. The number of hydrogen-bond donors (Lipinski definition) is 0. The van der Waals surface area contributed by atoms with Crippen molar-refractivity contribution in [2.75, 3.05) is 7.05 Å². The van der Waals surface area contributed by atoms with Crippen molar-refractivity contribution >= 4 is 16.8 Å². The van der Waals surface area contributed by atoms with Crippen molar-refractivity contribution in [3.8, 4) is 6.07 Å². The molecule has 2 rings (SSSR count). The van der Waals surface area contributed by atoms with E-state index in [9.17, 15) is 4.79 Å². The summed E-state index contributed by atoms with van der Waals surface area (Å²) in [5, 5.41) is 9.74. The van der Waals surface area contributed by atoms with Gasteiger partial charge in [0, 0.05) is 24.2 Å². The molecule has 18 heavy (non-hydrogen) atoms. The van der Waals surface area contributed by atoms with Crippen molar-refractivity contribution in [1.82, 2.24) is 9.88 Å². The van der Waals surface area contributed by atoms with Gasteiger partial charge in [0.15, 0.2) is 0 Å². The van der Waals surface area contributed by atoms with Crippen LogP contribution in [0.3, 0.4) is 0 Å². The zero-order valence-corrected chi connectivity index (χ0v) is 10.3. The topological polar surface area (TPSA) is 57.0 Å². The third-order valence-electron chi connectivity index (χ3n) is 2.94. The van der Waals surface area contributed by atoms with Gasteiger partial charge in [-0.25, -0.2) is 0 Å². The van der Waals surface area contributed by atoms with E-state index >= 15 is 0 Å². The lowest BCUT2D eigenvalue weighted by molar-refractivity contribution is 0.0773. The van der Waals surface area contributed by atoms with Gasteiger partial charge in [-0.1, -0.05) is 6.07 Å². The Hall–Kier alpha value is -2.41. The van der Waals surface area contributed by atoms with Crippen LogP contribution in [0.5, 0.6) is 0 Å². The number of fused-ring (bicyclic) bond motifs is 1. The fourth-order valence-corrected chi connectivity index (χ4v) is 1.67. The fraction of sp³-hybridized carbons (Fsp3) is 0.214. The third-order valence-corrected chi connectivity index (χ3v) is 2.94. The van der Waals surface area contributed by atoms with Crippen molar-refractivity contribution in [1.29, 1.82) is 5.26 Å². The minimum absolute atomic E-state index is 0.158. The lowest BCUT2D eigenvalue weighted by Crippen LogP contribution is -2.33. The number of carbonyl (C=O) groups excluding carboxylic acids is 1. The molecule has 1 aromatic carbocycles. The number of hydrogen-bond acceptors (Lipinski definition) is 3. The number of carbonyl (C=O) groups is 1. The van der Waals surface area contributed by atoms with Gasteiger partial charge in [-0.2, -0.15) is 5.26 Å². The second-order valence-corrected chi connectivity index (χ2v) is 4.13. The van der Waals surface area contributed by atoms with Crippen LogP contribution in [0.1, 0.15) is 17.3 Å². The predicted molar refractivity (Wildman–Crippen MR) is 68.9 cm³/mol. The van der Waals surface area contributed by atoms with Gasteiger partial charge in [0.2, 0.25) is 0 Å². The quantitative estimate of drug-likeness (QED) is 0.807. The average Bonchev–Trinajstić information content (AvgIpc) is 2.44. The van der Waals surface area contributed by atoms with E-state index in [2.05, 4.69) is 4.98 Å². The highest BCUT2D eigenvalue weighted by atomic mass is 16.2. The molecule has 1 aromatic heterocycles. The molecular formula is C14H13N3O. The number of nitriles is 1. The molecule has 4 nitrogen and oxygen atoms in total. The van der Waals surface area contributed by atoms with Crippen LogP contribution < -0.4 is 0 Å². The minimum Gasteiger partial charge on any atom is -0.326 e. The number of rotatable bonds is 2. The number of benzene rings is 1. The van der Waals surface area contributed by atoms with E-state index in [1.165, 1.54) is 4.90 Å². The second-order valence-electron chi connectivity index (χ2n) is 4.13. The molecule has 0 spiro atoms. The highest BCUT2D eigenvalue weighted by Crippen LogP contribution is 2.15. The van der Waals surface area contributed by atoms with Gasteiger partial charge in [0.1, 0.15) is 6.04 Å². The predicted octanol–water partition coefficient (Wildman–Crippen LogP) is 2.22. The molecule has 0 aliphatic carbocycles. The Kier molecular flexibility index (Phi) is 3.24. The first-order valence-corrected chi connectivity index (χ1v) is 5.65. The molecule has 0 aliphatic rings. The Morgan fingerprint density at radius 1 is 1.44 bits per heavy atom. The number of amides is 1. The maximum atomic E-state index is 12.1. The van der Waals surface area contributed by atoms with Crippen LogP contribution >= 0.6 is 0 Å². The summed E-state index contributed by atoms with van der Waals surface area (Å²) >= 11 is 0. The maximum Gasteiger partial charge on any atom is 0.254 e. The molecule has 0 saturated carbocycles. The Morgan fingerprint density at radius 3 is 2.94 bits per heavy atom. The van der Waals surface area contributed by atoms with E-state index in [0.717, 1.165) is 10.9 Å². The number of pyridine rings is 1. The summed E-state index contributed by atoms with van der Waals surface area (Å²) in [4.78, 5) is 17.8. The molecule has 0 radical (unpaired) electrons. The molecule has 1 amide bonds. The summed E-state index contributed by atoms with van der Waals surface area (Å²) in [6.45, 7) is 1.69. The van der Waals surface area contributed by atoms with Crippen molar-refractivity contribution < 1.29 is 4.79 Å². The Morgan fingerprint density at radius 2 is 2.22 bits per heavy atom. The van der Waals surface area contributed by atoms with Gasteiger partial charge in [0.25, 0.3) is 5.91 Å². The Labute approximate surface area is 105 Å². The van der Waals surface area contributed by atoms with Gasteiger partial charge in [0.05, 0.1) is 11.6 Å². The molecule has 0 N–H and O–H groups in total. The molecule has 1 unspecified atom stereocenters. The van der Waals surface area contributed by atoms with Gasteiger partial charge < -0.3 is 4.90 Å². The summed E-state index contributed by atoms with van der Waals surface area (Å²) < 4.78 is 0. The Bertz CT molecular complexity index is 630. The van der Waals surface area contributed by atoms with Crippen LogP contribution in [0.25, 0.3) is 10.9 Å². The minimum atomic E-state index is -0.443. The molecule has 2 aromatic rings. The normalized spacial score (nSPS) is 11.8. The summed E-state index contributed by atoms with van der Waals surface area (Å²) in [6.07, 6.45) is 1.72. The van der Waals surface area contributed by atoms with Crippen molar-refractivity contribution in [3.63, 3.8) is 0 Å². The van der Waals surface area contributed by atoms with E-state index in [1.807, 2.05) is 24.3 Å². The van der Waals surface area contributed by atoms with Crippen LogP contribution in [0, 0.1) is 11.3 Å². The summed E-state index contributed by atoms with van der Waals surface area (Å²) in [7, 11) is 1.63. The molecule has 0 bridgehead atoms. The standard InChI is InChI=1S/C14H13N3O/c1-10(9-15)17(2)14(18)12-5-6-13-11(8-12)4-3-7-16-13/h3-8,10H,1-2H3. The maximum absolute atomic E-state index is 12.1. The van der Waals surface area contributed by atoms with Crippen molar-refractivity contribution in [2.45, 2.75) is 13.0 Å². The molecule has 4 heteroatoms. The molecule has 1 heterocycles. The first-order valence-electron chi connectivity index (χ1n) is 5.65. The summed E-state index contributed by atoms with van der Waals surface area (Å²) in [5.41, 5.74) is 1.42. The first-order chi connectivity index (χ1) is 8.63. The lowest BCUT2D eigenvalue weighted by atomic mass is 10.1.